The van der Waals surface area contributed by atoms with Crippen LogP contribution in [-0.2, 0) is 25.7 Å². The summed E-state index contributed by atoms with van der Waals surface area (Å²) in [6, 6.07) is 2.97. The Morgan fingerprint density at radius 1 is 1.17 bits per heavy atom. The molecule has 0 spiro atoms. The number of non-ortho nitro benzene ring substituents is 1. The summed E-state index contributed by atoms with van der Waals surface area (Å²) in [7, 11) is 0. The third-order valence-corrected chi connectivity index (χ3v) is 3.17. The molecule has 0 N–H and O–H groups in total. The molecular weight excluding hydrogens is 321 g/mol. The van der Waals surface area contributed by atoms with Crippen LogP contribution in [0, 0.1) is 15.9 Å². The highest BCUT2D eigenvalue weighted by molar-refractivity contribution is 5.77. The van der Waals surface area contributed by atoms with Gasteiger partial charge in [0.05, 0.1) is 24.4 Å². The Kier molecular flexibility index (Phi) is 8.38. The van der Waals surface area contributed by atoms with Gasteiger partial charge in [-0.3, -0.25) is 19.7 Å². The van der Waals surface area contributed by atoms with Gasteiger partial charge in [-0.2, -0.15) is 0 Å². The fourth-order valence-corrected chi connectivity index (χ4v) is 1.83. The van der Waals surface area contributed by atoms with E-state index < -0.39 is 29.3 Å². The summed E-state index contributed by atoms with van der Waals surface area (Å²) < 4.78 is 23.3. The Bertz CT molecular complexity index is 590. The highest BCUT2D eigenvalue weighted by Gasteiger charge is 2.14. The minimum absolute atomic E-state index is 0.0975. The zero-order valence-electron chi connectivity index (χ0n) is 13.5. The maximum atomic E-state index is 13.5. The Hall–Kier alpha value is -2.51. The monoisotopic (exact) mass is 341 g/mol. The number of nitro benzene ring substituents is 1. The van der Waals surface area contributed by atoms with E-state index in [1.54, 1.807) is 0 Å². The maximum Gasteiger partial charge on any atom is 0.306 e. The van der Waals surface area contributed by atoms with Crippen LogP contribution < -0.4 is 0 Å². The van der Waals surface area contributed by atoms with E-state index in [1.807, 2.05) is 6.92 Å². The van der Waals surface area contributed by atoms with Gasteiger partial charge in [0.2, 0.25) is 0 Å². The fraction of sp³-hybridized carbons (Fsp3) is 0.500. The lowest BCUT2D eigenvalue weighted by molar-refractivity contribution is -0.385. The van der Waals surface area contributed by atoms with Crippen LogP contribution in [0.1, 0.15) is 44.6 Å². The van der Waals surface area contributed by atoms with Crippen LogP contribution in [-0.4, -0.2) is 23.5 Å². The van der Waals surface area contributed by atoms with Crippen LogP contribution in [0.5, 0.6) is 0 Å². The van der Waals surface area contributed by atoms with Gasteiger partial charge in [-0.1, -0.05) is 19.8 Å². The molecular formula is C16H20FNO6. The van der Waals surface area contributed by atoms with Gasteiger partial charge in [0.1, 0.15) is 12.4 Å². The number of ether oxygens (including phenoxy) is 2. The topological polar surface area (TPSA) is 95.7 Å². The summed E-state index contributed by atoms with van der Waals surface area (Å²) in [5, 5.41) is 10.6. The van der Waals surface area contributed by atoms with Gasteiger partial charge in [-0.05, 0) is 12.5 Å². The number of carbonyl (C=O) groups is 2. The number of hydrogen-bond donors (Lipinski definition) is 0. The van der Waals surface area contributed by atoms with Crippen LogP contribution in [0.3, 0.4) is 0 Å². The first-order chi connectivity index (χ1) is 11.4. The molecule has 0 amide bonds. The molecule has 0 unspecified atom stereocenters. The lowest BCUT2D eigenvalue weighted by atomic mass is 10.2. The largest absolute Gasteiger partial charge is 0.466 e. The summed E-state index contributed by atoms with van der Waals surface area (Å²) in [4.78, 5) is 32.9. The standard InChI is InChI=1S/C16H20FNO6/c1-2-3-4-9-23-15(19)7-8-16(20)24-11-12-10-13(18(21)22)5-6-14(12)17/h5-6,10H,2-4,7-9,11H2,1H3. The van der Waals surface area contributed by atoms with Crippen molar-refractivity contribution < 1.29 is 28.4 Å². The number of hydrogen-bond acceptors (Lipinski definition) is 6. The molecule has 0 bridgehead atoms. The highest BCUT2D eigenvalue weighted by atomic mass is 19.1. The van der Waals surface area contributed by atoms with Crippen LogP contribution in [0.25, 0.3) is 0 Å². The van der Waals surface area contributed by atoms with Crippen molar-refractivity contribution >= 4 is 17.6 Å². The van der Waals surface area contributed by atoms with Gasteiger partial charge in [0, 0.05) is 17.7 Å². The van der Waals surface area contributed by atoms with E-state index in [9.17, 15) is 24.1 Å². The number of benzene rings is 1. The predicted octanol–water partition coefficient (Wildman–Crippen LogP) is 3.29. The van der Waals surface area contributed by atoms with Gasteiger partial charge in [0.25, 0.3) is 5.69 Å². The molecule has 24 heavy (non-hydrogen) atoms. The molecule has 7 nitrogen and oxygen atoms in total. The molecule has 8 heteroatoms. The molecule has 0 fully saturated rings. The number of nitro groups is 1. The lowest BCUT2D eigenvalue weighted by Gasteiger charge is -2.06. The molecule has 0 saturated carbocycles. The van der Waals surface area contributed by atoms with Crippen molar-refractivity contribution in [3.8, 4) is 0 Å². The third kappa shape index (κ3) is 7.17. The first-order valence-electron chi connectivity index (χ1n) is 7.68. The van der Waals surface area contributed by atoms with Gasteiger partial charge in [0.15, 0.2) is 0 Å². The van der Waals surface area contributed by atoms with Gasteiger partial charge >= 0.3 is 11.9 Å². The molecule has 1 aromatic carbocycles. The number of carbonyl (C=O) groups excluding carboxylic acids is 2. The number of esters is 2. The summed E-state index contributed by atoms with van der Waals surface area (Å²) in [5.41, 5.74) is -0.391. The minimum atomic E-state index is -0.705. The van der Waals surface area contributed by atoms with E-state index in [0.29, 0.717) is 6.61 Å². The smallest absolute Gasteiger partial charge is 0.306 e. The number of unbranched alkanes of at least 4 members (excludes halogenated alkanes) is 2. The molecule has 1 rings (SSSR count). The van der Waals surface area contributed by atoms with Crippen molar-refractivity contribution in [2.75, 3.05) is 6.61 Å². The number of halogens is 1. The summed E-state index contributed by atoms with van der Waals surface area (Å²) >= 11 is 0. The van der Waals surface area contributed by atoms with Crippen LogP contribution >= 0.6 is 0 Å². The molecule has 0 atom stereocenters. The molecule has 0 aliphatic heterocycles. The Balaban J connectivity index is 2.35. The van der Waals surface area contributed by atoms with Crippen molar-refractivity contribution in [2.45, 2.75) is 45.6 Å². The fourth-order valence-electron chi connectivity index (χ4n) is 1.83. The van der Waals surface area contributed by atoms with Crippen molar-refractivity contribution in [3.63, 3.8) is 0 Å². The van der Waals surface area contributed by atoms with Crippen LogP contribution in [0.15, 0.2) is 18.2 Å². The minimum Gasteiger partial charge on any atom is -0.466 e. The van der Waals surface area contributed by atoms with Crippen molar-refractivity contribution in [1.29, 1.82) is 0 Å². The zero-order chi connectivity index (χ0) is 17.9. The SMILES string of the molecule is CCCCCOC(=O)CCC(=O)OCc1cc([N+](=O)[O-])ccc1F. The van der Waals surface area contributed by atoms with E-state index >= 15 is 0 Å². The number of nitrogens with zero attached hydrogens (tertiary/aromatic N) is 1. The molecule has 132 valence electrons. The molecule has 0 aliphatic rings. The summed E-state index contributed by atoms with van der Waals surface area (Å²) in [5.74, 6) is -1.90. The second-order valence-electron chi connectivity index (χ2n) is 5.12. The van der Waals surface area contributed by atoms with Crippen LogP contribution in [0.2, 0.25) is 0 Å². The van der Waals surface area contributed by atoms with Crippen molar-refractivity contribution in [3.05, 3.63) is 39.7 Å². The molecule has 1 aromatic rings. The van der Waals surface area contributed by atoms with Crippen LogP contribution in [0.4, 0.5) is 10.1 Å². The van der Waals surface area contributed by atoms with Crippen molar-refractivity contribution in [1.82, 2.24) is 0 Å². The van der Waals surface area contributed by atoms with Gasteiger partial charge in [-0.25, -0.2) is 4.39 Å². The summed E-state index contributed by atoms with van der Waals surface area (Å²) in [6.07, 6.45) is 2.44. The maximum absolute atomic E-state index is 13.5. The van der Waals surface area contributed by atoms with E-state index in [2.05, 4.69) is 0 Å². The summed E-state index contributed by atoms with van der Waals surface area (Å²) in [6.45, 7) is 1.92. The Labute approximate surface area is 138 Å². The average Bonchev–Trinajstić information content (AvgIpc) is 2.55. The molecule has 0 heterocycles. The molecule has 0 aromatic heterocycles. The van der Waals surface area contributed by atoms with E-state index in [0.717, 1.165) is 37.5 Å². The normalized spacial score (nSPS) is 10.2. The first kappa shape index (κ1) is 19.5. The Morgan fingerprint density at radius 3 is 2.46 bits per heavy atom. The quantitative estimate of drug-likeness (QED) is 0.280. The second-order valence-corrected chi connectivity index (χ2v) is 5.12. The highest BCUT2D eigenvalue weighted by Crippen LogP contribution is 2.17. The first-order valence-corrected chi connectivity index (χ1v) is 7.68. The predicted molar refractivity (Wildman–Crippen MR) is 82.6 cm³/mol. The Morgan fingerprint density at radius 2 is 1.83 bits per heavy atom. The van der Waals surface area contributed by atoms with Gasteiger partial charge < -0.3 is 9.47 Å². The van der Waals surface area contributed by atoms with E-state index in [1.165, 1.54) is 0 Å². The second kappa shape index (κ2) is 10.3. The molecule has 0 aliphatic carbocycles. The van der Waals surface area contributed by atoms with Crippen molar-refractivity contribution in [2.24, 2.45) is 0 Å². The zero-order valence-corrected chi connectivity index (χ0v) is 13.5. The molecule has 0 saturated heterocycles. The lowest BCUT2D eigenvalue weighted by Crippen LogP contribution is -2.11. The third-order valence-electron chi connectivity index (χ3n) is 3.17. The number of rotatable bonds is 10. The van der Waals surface area contributed by atoms with E-state index in [4.69, 9.17) is 9.47 Å². The average molecular weight is 341 g/mol. The van der Waals surface area contributed by atoms with E-state index in [-0.39, 0.29) is 24.1 Å². The molecule has 0 radical (unpaired) electrons. The van der Waals surface area contributed by atoms with Gasteiger partial charge in [-0.15, -0.1) is 0 Å².